The minimum absolute atomic E-state index is 0.155. The van der Waals surface area contributed by atoms with E-state index in [1.165, 1.54) is 0 Å². The zero-order valence-electron chi connectivity index (χ0n) is 15.3. The molecule has 3 heteroatoms. The second-order valence-electron chi connectivity index (χ2n) is 6.61. The number of ketones is 1. The highest BCUT2D eigenvalue weighted by Crippen LogP contribution is 2.50. The minimum atomic E-state index is -1.16. The third-order valence-corrected chi connectivity index (χ3v) is 5.31. The Morgan fingerprint density at radius 2 is 1.65 bits per heavy atom. The fourth-order valence-electron chi connectivity index (χ4n) is 3.92. The van der Waals surface area contributed by atoms with Gasteiger partial charge in [0.05, 0.1) is 6.61 Å². The van der Waals surface area contributed by atoms with Crippen LogP contribution in [0.15, 0.2) is 66.7 Å². The van der Waals surface area contributed by atoms with Crippen LogP contribution in [0.1, 0.15) is 43.7 Å². The second kappa shape index (κ2) is 7.69. The summed E-state index contributed by atoms with van der Waals surface area (Å²) in [7, 11) is 0. The third-order valence-electron chi connectivity index (χ3n) is 5.31. The standard InChI is InChI=1S/C23H24O3/c1-3-23(22(25)26-4-2)20(18-13-9-6-10-14-18)15-19(16-21(23)24)17-11-7-5-8-12-17/h5-14,16,20H,3-4,15H2,1-2H3/t20-,23+/m0/s1. The molecule has 0 N–H and O–H groups in total. The van der Waals surface area contributed by atoms with Crippen LogP contribution in [0.4, 0.5) is 0 Å². The van der Waals surface area contributed by atoms with E-state index in [1.54, 1.807) is 13.0 Å². The van der Waals surface area contributed by atoms with Gasteiger partial charge in [0.2, 0.25) is 0 Å². The number of hydrogen-bond donors (Lipinski definition) is 0. The number of carbonyl (C=O) groups is 2. The normalized spacial score (nSPS) is 22.6. The van der Waals surface area contributed by atoms with Crippen molar-refractivity contribution in [2.75, 3.05) is 6.61 Å². The third kappa shape index (κ3) is 3.10. The first-order chi connectivity index (χ1) is 12.6. The Morgan fingerprint density at radius 3 is 2.23 bits per heavy atom. The molecule has 0 fully saturated rings. The number of benzene rings is 2. The summed E-state index contributed by atoms with van der Waals surface area (Å²) >= 11 is 0. The summed E-state index contributed by atoms with van der Waals surface area (Å²) in [6, 6.07) is 19.7. The zero-order valence-corrected chi connectivity index (χ0v) is 15.3. The van der Waals surface area contributed by atoms with Crippen molar-refractivity contribution in [2.45, 2.75) is 32.6 Å². The highest BCUT2D eigenvalue weighted by Gasteiger charge is 2.53. The number of ether oxygens (including phenoxy) is 1. The first kappa shape index (κ1) is 18.1. The summed E-state index contributed by atoms with van der Waals surface area (Å²) in [6.07, 6.45) is 2.70. The van der Waals surface area contributed by atoms with Gasteiger partial charge in [-0.2, -0.15) is 0 Å². The van der Waals surface area contributed by atoms with Crippen LogP contribution in [0.25, 0.3) is 5.57 Å². The van der Waals surface area contributed by atoms with Crippen molar-refractivity contribution >= 4 is 17.3 Å². The second-order valence-corrected chi connectivity index (χ2v) is 6.61. The van der Waals surface area contributed by atoms with E-state index in [0.717, 1.165) is 16.7 Å². The molecule has 0 saturated carbocycles. The van der Waals surface area contributed by atoms with Gasteiger partial charge in [-0.1, -0.05) is 67.6 Å². The average Bonchev–Trinajstić information content (AvgIpc) is 2.69. The number of carbonyl (C=O) groups excluding carboxylic acids is 2. The molecule has 1 aliphatic rings. The molecule has 3 nitrogen and oxygen atoms in total. The van der Waals surface area contributed by atoms with Crippen molar-refractivity contribution in [3.05, 3.63) is 77.9 Å². The fourth-order valence-corrected chi connectivity index (χ4v) is 3.92. The molecule has 1 aliphatic carbocycles. The van der Waals surface area contributed by atoms with Crippen LogP contribution in [-0.2, 0) is 14.3 Å². The van der Waals surface area contributed by atoms with E-state index in [1.807, 2.05) is 67.6 Å². The van der Waals surface area contributed by atoms with Crippen molar-refractivity contribution in [3.8, 4) is 0 Å². The lowest BCUT2D eigenvalue weighted by Gasteiger charge is -2.40. The summed E-state index contributed by atoms with van der Waals surface area (Å²) in [6.45, 7) is 3.94. The van der Waals surface area contributed by atoms with Gasteiger partial charge in [-0.05, 0) is 42.5 Å². The largest absolute Gasteiger partial charge is 0.465 e. The monoisotopic (exact) mass is 348 g/mol. The Kier molecular flexibility index (Phi) is 5.36. The van der Waals surface area contributed by atoms with E-state index >= 15 is 0 Å². The van der Waals surface area contributed by atoms with Crippen molar-refractivity contribution in [1.29, 1.82) is 0 Å². The van der Waals surface area contributed by atoms with E-state index < -0.39 is 11.4 Å². The molecular weight excluding hydrogens is 324 g/mol. The molecule has 26 heavy (non-hydrogen) atoms. The predicted molar refractivity (Wildman–Crippen MR) is 103 cm³/mol. The topological polar surface area (TPSA) is 43.4 Å². The van der Waals surface area contributed by atoms with Crippen LogP contribution >= 0.6 is 0 Å². The fraction of sp³-hybridized carbons (Fsp3) is 0.304. The predicted octanol–water partition coefficient (Wildman–Crippen LogP) is 4.79. The molecule has 2 aromatic carbocycles. The SMILES string of the molecule is CCOC(=O)[C@@]1(CC)C(=O)C=C(c2ccccc2)C[C@H]1c1ccccc1. The molecule has 0 saturated heterocycles. The number of allylic oxidation sites excluding steroid dienone is 2. The van der Waals surface area contributed by atoms with Crippen molar-refractivity contribution in [2.24, 2.45) is 5.41 Å². The van der Waals surface area contributed by atoms with Gasteiger partial charge in [-0.15, -0.1) is 0 Å². The molecule has 0 aromatic heterocycles. The van der Waals surface area contributed by atoms with E-state index in [4.69, 9.17) is 4.74 Å². The number of rotatable bonds is 5. The molecule has 0 bridgehead atoms. The summed E-state index contributed by atoms with van der Waals surface area (Å²) in [5, 5.41) is 0. The minimum Gasteiger partial charge on any atom is -0.465 e. The molecule has 2 atom stereocenters. The molecule has 0 unspecified atom stereocenters. The smallest absolute Gasteiger partial charge is 0.320 e. The van der Waals surface area contributed by atoms with E-state index in [0.29, 0.717) is 12.8 Å². The highest BCUT2D eigenvalue weighted by atomic mass is 16.5. The lowest BCUT2D eigenvalue weighted by Crippen LogP contribution is -2.46. The zero-order chi connectivity index (χ0) is 18.6. The molecule has 0 heterocycles. The van der Waals surface area contributed by atoms with Gasteiger partial charge in [0, 0.05) is 5.92 Å². The molecular formula is C23H24O3. The van der Waals surface area contributed by atoms with Crippen LogP contribution in [-0.4, -0.2) is 18.4 Å². The summed E-state index contributed by atoms with van der Waals surface area (Å²) in [4.78, 5) is 26.2. The molecule has 2 aromatic rings. The molecule has 0 amide bonds. The van der Waals surface area contributed by atoms with E-state index in [-0.39, 0.29) is 18.3 Å². The van der Waals surface area contributed by atoms with Gasteiger partial charge in [-0.3, -0.25) is 9.59 Å². The van der Waals surface area contributed by atoms with Crippen molar-refractivity contribution < 1.29 is 14.3 Å². The Labute approximate surface area is 154 Å². The van der Waals surface area contributed by atoms with Gasteiger partial charge >= 0.3 is 5.97 Å². The molecule has 0 spiro atoms. The van der Waals surface area contributed by atoms with Gasteiger partial charge in [0.15, 0.2) is 5.78 Å². The van der Waals surface area contributed by atoms with Crippen molar-refractivity contribution in [1.82, 2.24) is 0 Å². The summed E-state index contributed by atoms with van der Waals surface area (Å²) < 4.78 is 5.35. The molecule has 0 aliphatic heterocycles. The van der Waals surface area contributed by atoms with E-state index in [9.17, 15) is 9.59 Å². The van der Waals surface area contributed by atoms with Crippen LogP contribution in [0, 0.1) is 5.41 Å². The Balaban J connectivity index is 2.13. The Morgan fingerprint density at radius 1 is 1.04 bits per heavy atom. The van der Waals surface area contributed by atoms with Crippen LogP contribution in [0.3, 0.4) is 0 Å². The lowest BCUT2D eigenvalue weighted by atomic mass is 9.61. The highest BCUT2D eigenvalue weighted by molar-refractivity contribution is 6.14. The van der Waals surface area contributed by atoms with Gasteiger partial charge < -0.3 is 4.74 Å². The van der Waals surface area contributed by atoms with Gasteiger partial charge in [0.1, 0.15) is 5.41 Å². The summed E-state index contributed by atoms with van der Waals surface area (Å²) in [5.74, 6) is -0.803. The van der Waals surface area contributed by atoms with Gasteiger partial charge in [0.25, 0.3) is 0 Å². The quantitative estimate of drug-likeness (QED) is 0.576. The molecule has 3 rings (SSSR count). The Hall–Kier alpha value is -2.68. The summed E-state index contributed by atoms with van der Waals surface area (Å²) in [5.41, 5.74) is 1.83. The maximum atomic E-state index is 13.3. The Bertz CT molecular complexity index is 808. The van der Waals surface area contributed by atoms with Crippen LogP contribution in [0.2, 0.25) is 0 Å². The molecule has 134 valence electrons. The van der Waals surface area contributed by atoms with Crippen LogP contribution < -0.4 is 0 Å². The lowest BCUT2D eigenvalue weighted by molar-refractivity contribution is -0.161. The molecule has 0 radical (unpaired) electrons. The number of esters is 1. The maximum absolute atomic E-state index is 13.3. The van der Waals surface area contributed by atoms with Gasteiger partial charge in [-0.25, -0.2) is 0 Å². The number of hydrogen-bond acceptors (Lipinski definition) is 3. The average molecular weight is 348 g/mol. The first-order valence-corrected chi connectivity index (χ1v) is 9.16. The first-order valence-electron chi connectivity index (χ1n) is 9.16. The van der Waals surface area contributed by atoms with E-state index in [2.05, 4.69) is 0 Å². The van der Waals surface area contributed by atoms with Crippen molar-refractivity contribution in [3.63, 3.8) is 0 Å². The maximum Gasteiger partial charge on any atom is 0.320 e. The van der Waals surface area contributed by atoms with Crippen LogP contribution in [0.5, 0.6) is 0 Å².